The highest BCUT2D eigenvalue weighted by molar-refractivity contribution is 5.81. The van der Waals surface area contributed by atoms with E-state index in [0.29, 0.717) is 6.54 Å². The maximum atomic E-state index is 12.9. The Kier molecular flexibility index (Phi) is 3.72. The Morgan fingerprint density at radius 3 is 2.22 bits per heavy atom. The molecule has 3 aromatic rings. The number of aryl methyl sites for hydroxylation is 3. The predicted molar refractivity (Wildman–Crippen MR) is 97.0 cm³/mol. The molecule has 0 bridgehead atoms. The molecular weight excluding hydrogens is 284 g/mol. The third-order valence-corrected chi connectivity index (χ3v) is 4.52. The molecule has 1 heterocycles. The highest BCUT2D eigenvalue weighted by atomic mass is 16.1. The quantitative estimate of drug-likeness (QED) is 0.710. The van der Waals surface area contributed by atoms with Gasteiger partial charge in [0.15, 0.2) is 0 Å². The van der Waals surface area contributed by atoms with Crippen molar-refractivity contribution in [2.45, 2.75) is 34.2 Å². The van der Waals surface area contributed by atoms with Gasteiger partial charge in [-0.1, -0.05) is 30.8 Å². The van der Waals surface area contributed by atoms with E-state index in [4.69, 9.17) is 0 Å². The molecule has 0 fully saturated rings. The Labute approximate surface area is 136 Å². The van der Waals surface area contributed by atoms with Crippen LogP contribution in [0.1, 0.15) is 29.2 Å². The van der Waals surface area contributed by atoms with Crippen molar-refractivity contribution in [3.05, 3.63) is 75.7 Å². The minimum Gasteiger partial charge on any atom is -0.287 e. The van der Waals surface area contributed by atoms with Gasteiger partial charge in [-0.3, -0.25) is 9.13 Å². The number of benzene rings is 2. The van der Waals surface area contributed by atoms with Crippen molar-refractivity contribution in [3.63, 3.8) is 0 Å². The van der Waals surface area contributed by atoms with E-state index in [2.05, 4.69) is 51.6 Å². The number of fused-ring (bicyclic) bond motifs is 1. The lowest BCUT2D eigenvalue weighted by Gasteiger charge is -2.08. The van der Waals surface area contributed by atoms with Crippen LogP contribution in [0.4, 0.5) is 0 Å². The van der Waals surface area contributed by atoms with Gasteiger partial charge < -0.3 is 0 Å². The fourth-order valence-electron chi connectivity index (χ4n) is 2.99. The summed E-state index contributed by atoms with van der Waals surface area (Å²) < 4.78 is 3.55. The molecule has 0 aliphatic heterocycles. The van der Waals surface area contributed by atoms with Crippen molar-refractivity contribution in [2.75, 3.05) is 0 Å². The third-order valence-electron chi connectivity index (χ3n) is 4.52. The molecule has 118 valence electrons. The number of nitrogens with zero attached hydrogens (tertiary/aromatic N) is 2. The van der Waals surface area contributed by atoms with E-state index in [1.165, 1.54) is 16.7 Å². The molecule has 0 atom stereocenters. The molecule has 0 unspecified atom stereocenters. The van der Waals surface area contributed by atoms with Gasteiger partial charge in [0.2, 0.25) is 0 Å². The van der Waals surface area contributed by atoms with E-state index >= 15 is 0 Å². The summed E-state index contributed by atoms with van der Waals surface area (Å²) in [6, 6.07) is 12.4. The monoisotopic (exact) mass is 306 g/mol. The topological polar surface area (TPSA) is 26.9 Å². The number of rotatable bonds is 3. The predicted octanol–water partition coefficient (Wildman–Crippen LogP) is 4.27. The molecule has 3 heteroatoms. The van der Waals surface area contributed by atoms with Crippen molar-refractivity contribution in [3.8, 4) is 0 Å². The zero-order valence-electron chi connectivity index (χ0n) is 14.2. The van der Waals surface area contributed by atoms with Crippen LogP contribution in [-0.4, -0.2) is 9.13 Å². The molecular formula is C20H22N2O. The summed E-state index contributed by atoms with van der Waals surface area (Å²) in [6.45, 7) is 12.6. The van der Waals surface area contributed by atoms with E-state index in [1.807, 2.05) is 23.6 Å². The molecule has 0 saturated carbocycles. The molecule has 0 N–H and O–H groups in total. The summed E-state index contributed by atoms with van der Waals surface area (Å²) in [5, 5.41) is 0. The van der Waals surface area contributed by atoms with Gasteiger partial charge >= 0.3 is 5.69 Å². The first-order valence-electron chi connectivity index (χ1n) is 7.83. The summed E-state index contributed by atoms with van der Waals surface area (Å²) in [6.07, 6.45) is 0. The molecule has 0 saturated heterocycles. The van der Waals surface area contributed by atoms with E-state index in [1.54, 1.807) is 4.57 Å². The molecule has 0 radical (unpaired) electrons. The van der Waals surface area contributed by atoms with Crippen molar-refractivity contribution in [2.24, 2.45) is 0 Å². The SMILES string of the molecule is C=C(C)n1c(=O)n(Cc2ccccc2C)c2cc(C)c(C)cc21. The zero-order chi connectivity index (χ0) is 16.7. The van der Waals surface area contributed by atoms with Crippen LogP contribution in [0.3, 0.4) is 0 Å². The smallest absolute Gasteiger partial charge is 0.287 e. The van der Waals surface area contributed by atoms with Crippen LogP contribution in [0.2, 0.25) is 0 Å². The van der Waals surface area contributed by atoms with Crippen LogP contribution in [0.5, 0.6) is 0 Å². The lowest BCUT2D eigenvalue weighted by atomic mass is 10.1. The first-order chi connectivity index (χ1) is 10.9. The second-order valence-electron chi connectivity index (χ2n) is 6.29. The van der Waals surface area contributed by atoms with Gasteiger partial charge in [0.25, 0.3) is 0 Å². The van der Waals surface area contributed by atoms with Crippen LogP contribution >= 0.6 is 0 Å². The molecule has 3 nitrogen and oxygen atoms in total. The molecule has 0 aliphatic rings. The highest BCUT2D eigenvalue weighted by Crippen LogP contribution is 2.22. The van der Waals surface area contributed by atoms with E-state index < -0.39 is 0 Å². The lowest BCUT2D eigenvalue weighted by Crippen LogP contribution is -2.23. The van der Waals surface area contributed by atoms with Crippen molar-refractivity contribution in [1.29, 1.82) is 0 Å². The lowest BCUT2D eigenvalue weighted by molar-refractivity contribution is 0.762. The molecule has 3 rings (SSSR count). The third kappa shape index (κ3) is 2.52. The van der Waals surface area contributed by atoms with E-state index in [9.17, 15) is 4.79 Å². The zero-order valence-corrected chi connectivity index (χ0v) is 14.2. The van der Waals surface area contributed by atoms with Crippen LogP contribution in [0.15, 0.2) is 47.8 Å². The average Bonchev–Trinajstić information content (AvgIpc) is 2.74. The van der Waals surface area contributed by atoms with Gasteiger partial charge in [-0.05, 0) is 62.1 Å². The fourth-order valence-corrected chi connectivity index (χ4v) is 2.99. The standard InChI is InChI=1S/C20H22N2O/c1-13(2)22-19-11-16(5)15(4)10-18(19)21(20(22)23)12-17-9-7-6-8-14(17)3/h6-11H,1,12H2,2-5H3. The minimum absolute atomic E-state index is 0.0271. The highest BCUT2D eigenvalue weighted by Gasteiger charge is 2.15. The molecule has 1 aromatic heterocycles. The average molecular weight is 306 g/mol. The molecule has 2 aromatic carbocycles. The van der Waals surface area contributed by atoms with Crippen LogP contribution in [0.25, 0.3) is 16.7 Å². The van der Waals surface area contributed by atoms with Gasteiger partial charge in [0.05, 0.1) is 17.6 Å². The fraction of sp³-hybridized carbons (Fsp3) is 0.250. The van der Waals surface area contributed by atoms with Crippen molar-refractivity contribution < 1.29 is 0 Å². The Bertz CT molecular complexity index is 973. The number of imidazole rings is 1. The van der Waals surface area contributed by atoms with Crippen LogP contribution in [0, 0.1) is 20.8 Å². The number of hydrogen-bond donors (Lipinski definition) is 0. The largest absolute Gasteiger partial charge is 0.333 e. The van der Waals surface area contributed by atoms with Gasteiger partial charge in [-0.15, -0.1) is 0 Å². The first kappa shape index (κ1) is 15.3. The molecule has 0 aliphatic carbocycles. The second-order valence-corrected chi connectivity index (χ2v) is 6.29. The first-order valence-corrected chi connectivity index (χ1v) is 7.83. The van der Waals surface area contributed by atoms with E-state index in [0.717, 1.165) is 22.3 Å². The maximum Gasteiger partial charge on any atom is 0.333 e. The summed E-state index contributed by atoms with van der Waals surface area (Å²) in [5.74, 6) is 0. The van der Waals surface area contributed by atoms with Crippen LogP contribution in [-0.2, 0) is 6.54 Å². The summed E-state index contributed by atoms with van der Waals surface area (Å²) >= 11 is 0. The van der Waals surface area contributed by atoms with Gasteiger partial charge in [0.1, 0.15) is 0 Å². The minimum atomic E-state index is -0.0271. The van der Waals surface area contributed by atoms with Crippen LogP contribution < -0.4 is 5.69 Å². The molecule has 23 heavy (non-hydrogen) atoms. The van der Waals surface area contributed by atoms with Gasteiger partial charge in [0, 0.05) is 5.70 Å². The van der Waals surface area contributed by atoms with Crippen molar-refractivity contribution in [1.82, 2.24) is 9.13 Å². The molecule has 0 amide bonds. The number of hydrogen-bond acceptors (Lipinski definition) is 1. The normalized spacial score (nSPS) is 11.1. The summed E-state index contributed by atoms with van der Waals surface area (Å²) in [5.41, 5.74) is 7.33. The Morgan fingerprint density at radius 2 is 1.61 bits per heavy atom. The van der Waals surface area contributed by atoms with Gasteiger partial charge in [-0.2, -0.15) is 0 Å². The van der Waals surface area contributed by atoms with Gasteiger partial charge in [-0.25, -0.2) is 4.79 Å². The van der Waals surface area contributed by atoms with E-state index in [-0.39, 0.29) is 5.69 Å². The Balaban J connectivity index is 2.30. The Hall–Kier alpha value is -2.55. The Morgan fingerprint density at radius 1 is 1.00 bits per heavy atom. The summed E-state index contributed by atoms with van der Waals surface area (Å²) in [7, 11) is 0. The number of aromatic nitrogens is 2. The molecule has 0 spiro atoms. The second kappa shape index (κ2) is 5.58. The van der Waals surface area contributed by atoms with Crippen molar-refractivity contribution >= 4 is 16.7 Å². The maximum absolute atomic E-state index is 12.9. The summed E-state index contributed by atoms with van der Waals surface area (Å²) in [4.78, 5) is 12.9. The number of allylic oxidation sites excluding steroid dienone is 1.